The summed E-state index contributed by atoms with van der Waals surface area (Å²) in [6.07, 6.45) is 6.83. The number of hydrogen-bond donors (Lipinski definition) is 2. The minimum Gasteiger partial charge on any atom is -0.504 e. The van der Waals surface area contributed by atoms with Gasteiger partial charge in [0.15, 0.2) is 23.0 Å². The highest BCUT2D eigenvalue weighted by Gasteiger charge is 2.12. The largest absolute Gasteiger partial charge is 0.504 e. The Hall–Kier alpha value is -4.59. The quantitative estimate of drug-likeness (QED) is 0.295. The third-order valence-corrected chi connectivity index (χ3v) is 5.27. The molecule has 8 nitrogen and oxygen atoms in total. The Bertz CT molecular complexity index is 1260. The normalized spacial score (nSPS) is 10.9. The van der Waals surface area contributed by atoms with Crippen LogP contribution in [-0.4, -0.2) is 46.6 Å². The third-order valence-electron chi connectivity index (χ3n) is 5.27. The Morgan fingerprint density at radius 1 is 0.667 bits per heavy atom. The number of hydrogen-bond acceptors (Lipinski definition) is 7. The molecular weight excluding hydrogens is 462 g/mol. The van der Waals surface area contributed by atoms with Crippen LogP contribution < -0.4 is 29.0 Å². The van der Waals surface area contributed by atoms with Crippen molar-refractivity contribution in [2.75, 3.05) is 40.9 Å². The van der Waals surface area contributed by atoms with Crippen molar-refractivity contribution < 1.29 is 33.6 Å². The number of phenols is 1. The molecule has 0 atom stereocenters. The first kappa shape index (κ1) is 26.0. The van der Waals surface area contributed by atoms with Gasteiger partial charge in [-0.3, -0.25) is 4.79 Å². The molecule has 0 aliphatic heterocycles. The van der Waals surface area contributed by atoms with E-state index in [-0.39, 0.29) is 11.7 Å². The molecule has 0 aliphatic carbocycles. The lowest BCUT2D eigenvalue weighted by Crippen LogP contribution is -2.09. The number of phenolic OH excluding ortho intramolecular Hbond substituents is 1. The third kappa shape index (κ3) is 6.29. The van der Waals surface area contributed by atoms with E-state index in [1.54, 1.807) is 45.6 Å². The zero-order chi connectivity index (χ0) is 26.1. The van der Waals surface area contributed by atoms with Crippen LogP contribution in [0.5, 0.6) is 34.5 Å². The summed E-state index contributed by atoms with van der Waals surface area (Å²) >= 11 is 0. The molecule has 0 aromatic heterocycles. The highest BCUT2D eigenvalue weighted by molar-refractivity contribution is 6.03. The van der Waals surface area contributed by atoms with E-state index in [0.29, 0.717) is 40.0 Å². The van der Waals surface area contributed by atoms with Gasteiger partial charge in [-0.2, -0.15) is 0 Å². The van der Waals surface area contributed by atoms with E-state index in [9.17, 15) is 9.90 Å². The summed E-state index contributed by atoms with van der Waals surface area (Å²) in [5.41, 5.74) is 2.96. The Morgan fingerprint density at radius 3 is 1.81 bits per heavy atom. The first-order chi connectivity index (χ1) is 17.4. The molecular formula is C28H29NO7. The van der Waals surface area contributed by atoms with E-state index in [1.165, 1.54) is 26.4 Å². The van der Waals surface area contributed by atoms with E-state index >= 15 is 0 Å². The van der Waals surface area contributed by atoms with Gasteiger partial charge < -0.3 is 34.1 Å². The molecule has 0 unspecified atom stereocenters. The predicted molar refractivity (Wildman–Crippen MR) is 140 cm³/mol. The number of amides is 1. The number of rotatable bonds is 10. The molecule has 2 N–H and O–H groups in total. The van der Waals surface area contributed by atoms with Gasteiger partial charge in [-0.25, -0.2) is 0 Å². The maximum atomic E-state index is 12.5. The molecule has 3 aromatic rings. The van der Waals surface area contributed by atoms with Gasteiger partial charge in [0.2, 0.25) is 11.7 Å². The molecule has 0 fully saturated rings. The molecule has 188 valence electrons. The number of carbonyl (C=O) groups excluding carboxylic acids is 1. The molecule has 3 rings (SSSR count). The van der Waals surface area contributed by atoms with Crippen LogP contribution in [0.2, 0.25) is 0 Å². The molecule has 0 radical (unpaired) electrons. The topological polar surface area (TPSA) is 95.5 Å². The zero-order valence-electron chi connectivity index (χ0n) is 20.8. The van der Waals surface area contributed by atoms with Crippen molar-refractivity contribution in [3.8, 4) is 34.5 Å². The average Bonchev–Trinajstić information content (AvgIpc) is 2.91. The van der Waals surface area contributed by atoms with Crippen molar-refractivity contribution in [2.24, 2.45) is 0 Å². The molecule has 36 heavy (non-hydrogen) atoms. The summed E-state index contributed by atoms with van der Waals surface area (Å²) in [4.78, 5) is 12.5. The van der Waals surface area contributed by atoms with Crippen LogP contribution in [0, 0.1) is 0 Å². The van der Waals surface area contributed by atoms with Crippen LogP contribution in [0.3, 0.4) is 0 Å². The smallest absolute Gasteiger partial charge is 0.248 e. The van der Waals surface area contributed by atoms with Gasteiger partial charge in [-0.15, -0.1) is 0 Å². The van der Waals surface area contributed by atoms with Crippen LogP contribution in [0.25, 0.3) is 18.2 Å². The Balaban J connectivity index is 1.75. The monoisotopic (exact) mass is 491 g/mol. The summed E-state index contributed by atoms with van der Waals surface area (Å²) in [6, 6.07) is 14.0. The molecule has 8 heteroatoms. The van der Waals surface area contributed by atoms with Crippen LogP contribution >= 0.6 is 0 Å². The maximum absolute atomic E-state index is 12.5. The lowest BCUT2D eigenvalue weighted by atomic mass is 10.1. The van der Waals surface area contributed by atoms with Crippen LogP contribution in [0.15, 0.2) is 54.6 Å². The molecule has 0 aliphatic rings. The zero-order valence-corrected chi connectivity index (χ0v) is 20.8. The molecule has 0 heterocycles. The second-order valence-corrected chi connectivity index (χ2v) is 7.51. The highest BCUT2D eigenvalue weighted by Crippen LogP contribution is 2.38. The number of aromatic hydroxyl groups is 1. The van der Waals surface area contributed by atoms with E-state index in [0.717, 1.165) is 11.1 Å². The Morgan fingerprint density at radius 2 is 1.19 bits per heavy atom. The minimum absolute atomic E-state index is 0.0308. The lowest BCUT2D eigenvalue weighted by Gasteiger charge is -2.13. The molecule has 0 saturated heterocycles. The van der Waals surface area contributed by atoms with Crippen LogP contribution in [-0.2, 0) is 4.79 Å². The van der Waals surface area contributed by atoms with Crippen molar-refractivity contribution in [1.82, 2.24) is 0 Å². The fraction of sp³-hybridized carbons (Fsp3) is 0.179. The standard InChI is InChI=1S/C28H29NO7/c1-32-23-14-18(6-7-20-16-25(34-3)28(36-5)26(17-20)35-4)8-11-21(23)29-27(31)13-10-19-9-12-22(30)24(15-19)33-2/h6-17,30H,1-5H3,(H,29,31)/b7-6?,13-10+. The second-order valence-electron chi connectivity index (χ2n) is 7.51. The summed E-state index contributed by atoms with van der Waals surface area (Å²) in [5, 5.41) is 12.5. The number of nitrogens with one attached hydrogen (secondary N) is 1. The number of anilines is 1. The summed E-state index contributed by atoms with van der Waals surface area (Å²) < 4.78 is 26.7. The molecule has 0 spiro atoms. The van der Waals surface area contributed by atoms with Gasteiger partial charge in [0.25, 0.3) is 0 Å². The van der Waals surface area contributed by atoms with E-state index in [4.69, 9.17) is 23.7 Å². The van der Waals surface area contributed by atoms with Crippen molar-refractivity contribution in [3.63, 3.8) is 0 Å². The summed E-state index contributed by atoms with van der Waals surface area (Å²) in [5.74, 6) is 2.18. The van der Waals surface area contributed by atoms with Crippen molar-refractivity contribution >= 4 is 29.8 Å². The van der Waals surface area contributed by atoms with Crippen molar-refractivity contribution in [2.45, 2.75) is 0 Å². The van der Waals surface area contributed by atoms with E-state index in [1.807, 2.05) is 36.4 Å². The molecule has 0 saturated carbocycles. The molecule has 0 bridgehead atoms. The lowest BCUT2D eigenvalue weighted by molar-refractivity contribution is -0.111. The van der Waals surface area contributed by atoms with Gasteiger partial charge in [0, 0.05) is 6.08 Å². The first-order valence-corrected chi connectivity index (χ1v) is 10.9. The van der Waals surface area contributed by atoms with Crippen LogP contribution in [0.1, 0.15) is 16.7 Å². The van der Waals surface area contributed by atoms with Crippen molar-refractivity contribution in [1.29, 1.82) is 0 Å². The fourth-order valence-electron chi connectivity index (χ4n) is 3.45. The number of ether oxygens (including phenoxy) is 5. The second kappa shape index (κ2) is 12.2. The Kier molecular flexibility index (Phi) is 8.83. The van der Waals surface area contributed by atoms with Gasteiger partial charge in [0.1, 0.15) is 5.75 Å². The van der Waals surface area contributed by atoms with Crippen LogP contribution in [0.4, 0.5) is 5.69 Å². The molecule has 3 aromatic carbocycles. The molecule has 1 amide bonds. The van der Waals surface area contributed by atoms with Gasteiger partial charge in [-0.05, 0) is 59.2 Å². The first-order valence-electron chi connectivity index (χ1n) is 10.9. The number of methoxy groups -OCH3 is 5. The van der Waals surface area contributed by atoms with Crippen molar-refractivity contribution in [3.05, 3.63) is 71.3 Å². The summed E-state index contributed by atoms with van der Waals surface area (Å²) in [7, 11) is 7.70. The fourth-order valence-corrected chi connectivity index (χ4v) is 3.45. The predicted octanol–water partition coefficient (Wildman–Crippen LogP) is 5.26. The highest BCUT2D eigenvalue weighted by atomic mass is 16.5. The average molecular weight is 492 g/mol. The van der Waals surface area contributed by atoms with Gasteiger partial charge in [-0.1, -0.05) is 24.3 Å². The maximum Gasteiger partial charge on any atom is 0.248 e. The Labute approximate surface area is 210 Å². The summed E-state index contributed by atoms with van der Waals surface area (Å²) in [6.45, 7) is 0. The number of carbonyl (C=O) groups is 1. The SMILES string of the molecule is COc1cc(/C=C/C(=O)Nc2ccc(C=Cc3cc(OC)c(OC)c(OC)c3)cc2OC)ccc1O. The van der Waals surface area contributed by atoms with E-state index < -0.39 is 0 Å². The van der Waals surface area contributed by atoms with Gasteiger partial charge in [0.05, 0.1) is 41.2 Å². The van der Waals surface area contributed by atoms with Gasteiger partial charge >= 0.3 is 0 Å². The number of benzene rings is 3. The van der Waals surface area contributed by atoms with E-state index in [2.05, 4.69) is 5.32 Å². The minimum atomic E-state index is -0.332.